The highest BCUT2D eigenvalue weighted by molar-refractivity contribution is 9.10. The number of carbonyl (C=O) groups is 1. The Morgan fingerprint density at radius 2 is 2.43 bits per heavy atom. The molecule has 3 nitrogen and oxygen atoms in total. The van der Waals surface area contributed by atoms with Gasteiger partial charge in [0.1, 0.15) is 0 Å². The fourth-order valence-corrected chi connectivity index (χ4v) is 1.72. The first-order valence-corrected chi connectivity index (χ1v) is 5.03. The van der Waals surface area contributed by atoms with E-state index in [0.717, 1.165) is 10.0 Å². The number of pyridine rings is 1. The Labute approximate surface area is 89.9 Å². The van der Waals surface area contributed by atoms with Crippen molar-refractivity contribution in [3.05, 3.63) is 40.3 Å². The van der Waals surface area contributed by atoms with E-state index in [0.29, 0.717) is 18.6 Å². The third-order valence-corrected chi connectivity index (χ3v) is 2.66. The van der Waals surface area contributed by atoms with Crippen molar-refractivity contribution in [1.29, 1.82) is 0 Å². The van der Waals surface area contributed by atoms with Gasteiger partial charge in [0.05, 0.1) is 12.9 Å². The predicted octanol–water partition coefficient (Wildman–Crippen LogP) is 2.33. The molecule has 0 atom stereocenters. The molecule has 14 heavy (non-hydrogen) atoms. The lowest BCUT2D eigenvalue weighted by Crippen LogP contribution is -2.03. The van der Waals surface area contributed by atoms with Crippen LogP contribution in [0.2, 0.25) is 0 Å². The molecule has 0 amide bonds. The first-order chi connectivity index (χ1) is 6.79. The zero-order valence-electron chi connectivity index (χ0n) is 7.37. The number of halogens is 1. The summed E-state index contributed by atoms with van der Waals surface area (Å²) in [5, 5.41) is 0. The molecule has 0 aliphatic carbocycles. The molecule has 72 valence electrons. The van der Waals surface area contributed by atoms with Crippen LogP contribution < -0.4 is 0 Å². The number of nitrogens with zero attached hydrogens (tertiary/aromatic N) is 1. The van der Waals surface area contributed by atoms with Crippen LogP contribution in [0.25, 0.3) is 0 Å². The van der Waals surface area contributed by atoms with Gasteiger partial charge in [0.15, 0.2) is 5.78 Å². The molecule has 2 heterocycles. The van der Waals surface area contributed by atoms with E-state index in [1.165, 1.54) is 6.26 Å². The Kier molecular flexibility index (Phi) is 2.63. The van der Waals surface area contributed by atoms with E-state index in [2.05, 4.69) is 20.9 Å². The molecule has 1 aromatic rings. The number of aromatic nitrogens is 1. The van der Waals surface area contributed by atoms with Crippen LogP contribution >= 0.6 is 15.9 Å². The van der Waals surface area contributed by atoms with Gasteiger partial charge in [0.2, 0.25) is 0 Å². The van der Waals surface area contributed by atoms with Crippen LogP contribution in [0.5, 0.6) is 0 Å². The van der Waals surface area contributed by atoms with Gasteiger partial charge in [0.25, 0.3) is 0 Å². The minimum absolute atomic E-state index is 0.0109. The Hall–Kier alpha value is -1.16. The molecule has 2 rings (SSSR count). The maximum atomic E-state index is 11.9. The molecule has 0 aromatic carbocycles. The summed E-state index contributed by atoms with van der Waals surface area (Å²) >= 11 is 3.29. The van der Waals surface area contributed by atoms with E-state index in [1.54, 1.807) is 18.5 Å². The summed E-state index contributed by atoms with van der Waals surface area (Å²) in [6.45, 7) is 0.601. The summed E-state index contributed by atoms with van der Waals surface area (Å²) in [7, 11) is 0. The normalized spacial score (nSPS) is 14.8. The topological polar surface area (TPSA) is 39.2 Å². The second-order valence-corrected chi connectivity index (χ2v) is 3.80. The predicted molar refractivity (Wildman–Crippen MR) is 54.9 cm³/mol. The highest BCUT2D eigenvalue weighted by Crippen LogP contribution is 2.21. The van der Waals surface area contributed by atoms with Gasteiger partial charge in [0, 0.05) is 34.4 Å². The second kappa shape index (κ2) is 3.92. The van der Waals surface area contributed by atoms with Crippen molar-refractivity contribution < 1.29 is 9.53 Å². The summed E-state index contributed by atoms with van der Waals surface area (Å²) < 4.78 is 5.75. The van der Waals surface area contributed by atoms with Crippen molar-refractivity contribution in [2.45, 2.75) is 6.42 Å². The average Bonchev–Trinajstić information content (AvgIpc) is 2.70. The largest absolute Gasteiger partial charge is 0.500 e. The van der Waals surface area contributed by atoms with E-state index in [1.807, 2.05) is 0 Å². The summed E-state index contributed by atoms with van der Waals surface area (Å²) in [6.07, 6.45) is 5.45. The van der Waals surface area contributed by atoms with Gasteiger partial charge in [-0.1, -0.05) is 0 Å². The Morgan fingerprint density at radius 3 is 3.07 bits per heavy atom. The van der Waals surface area contributed by atoms with Gasteiger partial charge in [-0.2, -0.15) is 0 Å². The van der Waals surface area contributed by atoms with Gasteiger partial charge >= 0.3 is 0 Å². The Morgan fingerprint density at radius 1 is 1.57 bits per heavy atom. The first-order valence-electron chi connectivity index (χ1n) is 4.24. The quantitative estimate of drug-likeness (QED) is 0.760. The number of hydrogen-bond donors (Lipinski definition) is 0. The summed E-state index contributed by atoms with van der Waals surface area (Å²) in [5.74, 6) is 0.0109. The lowest BCUT2D eigenvalue weighted by molar-refractivity contribution is 0.103. The van der Waals surface area contributed by atoms with Crippen molar-refractivity contribution >= 4 is 21.7 Å². The van der Waals surface area contributed by atoms with Crippen molar-refractivity contribution in [3.8, 4) is 0 Å². The molecule has 0 fully saturated rings. The van der Waals surface area contributed by atoms with E-state index in [4.69, 9.17) is 4.74 Å². The molecule has 1 aliphatic rings. The van der Waals surface area contributed by atoms with E-state index in [9.17, 15) is 4.79 Å². The minimum Gasteiger partial charge on any atom is -0.500 e. The molecule has 0 radical (unpaired) electrons. The first kappa shape index (κ1) is 9.40. The van der Waals surface area contributed by atoms with E-state index in [-0.39, 0.29) is 5.78 Å². The fraction of sp³-hybridized carbons (Fsp3) is 0.200. The zero-order chi connectivity index (χ0) is 9.97. The molecular formula is C10H8BrNO2. The lowest BCUT2D eigenvalue weighted by atomic mass is 10.0. The Balaban J connectivity index is 2.31. The van der Waals surface area contributed by atoms with E-state index < -0.39 is 0 Å². The van der Waals surface area contributed by atoms with Crippen molar-refractivity contribution in [2.24, 2.45) is 0 Å². The third-order valence-electron chi connectivity index (χ3n) is 2.02. The lowest BCUT2D eigenvalue weighted by Gasteiger charge is -2.01. The molecule has 0 bridgehead atoms. The van der Waals surface area contributed by atoms with Crippen LogP contribution in [0.1, 0.15) is 16.8 Å². The van der Waals surface area contributed by atoms with Gasteiger partial charge in [-0.15, -0.1) is 0 Å². The molecule has 1 aromatic heterocycles. The number of ether oxygens (including phenoxy) is 1. The molecule has 0 spiro atoms. The summed E-state index contributed by atoms with van der Waals surface area (Å²) in [6, 6.07) is 1.70. The van der Waals surface area contributed by atoms with Crippen LogP contribution in [-0.2, 0) is 4.74 Å². The van der Waals surface area contributed by atoms with Crippen molar-refractivity contribution in [1.82, 2.24) is 4.98 Å². The van der Waals surface area contributed by atoms with Crippen LogP contribution in [-0.4, -0.2) is 17.4 Å². The highest BCUT2D eigenvalue weighted by Gasteiger charge is 2.18. The molecule has 0 N–H and O–H groups in total. The van der Waals surface area contributed by atoms with Crippen molar-refractivity contribution in [3.63, 3.8) is 0 Å². The van der Waals surface area contributed by atoms with Crippen LogP contribution in [0.4, 0.5) is 0 Å². The van der Waals surface area contributed by atoms with Crippen LogP contribution in [0.15, 0.2) is 34.8 Å². The number of Topliss-reactive ketones (excluding diaryl/α,β-unsaturated/α-hetero) is 1. The number of carbonyl (C=O) groups excluding carboxylic acids is 1. The monoisotopic (exact) mass is 253 g/mol. The van der Waals surface area contributed by atoms with E-state index >= 15 is 0 Å². The van der Waals surface area contributed by atoms with Gasteiger partial charge in [-0.05, 0) is 22.0 Å². The van der Waals surface area contributed by atoms with Crippen molar-refractivity contribution in [2.75, 3.05) is 6.61 Å². The third kappa shape index (κ3) is 1.70. The minimum atomic E-state index is 0.0109. The van der Waals surface area contributed by atoms with Gasteiger partial charge < -0.3 is 4.74 Å². The maximum absolute atomic E-state index is 11.9. The molecule has 4 heteroatoms. The van der Waals surface area contributed by atoms with Gasteiger partial charge in [-0.25, -0.2) is 0 Å². The smallest absolute Gasteiger partial charge is 0.193 e. The molecule has 0 saturated carbocycles. The van der Waals surface area contributed by atoms with Gasteiger partial charge in [-0.3, -0.25) is 9.78 Å². The fourth-order valence-electron chi connectivity index (χ4n) is 1.29. The number of rotatable bonds is 2. The molecule has 0 unspecified atom stereocenters. The standard InChI is InChI=1S/C10H8BrNO2/c11-9-5-12-3-1-8(9)10(13)7-2-4-14-6-7/h1,3,5-6H,2,4H2. The zero-order valence-corrected chi connectivity index (χ0v) is 8.95. The molecule has 1 aliphatic heterocycles. The Bertz CT molecular complexity index is 401. The maximum Gasteiger partial charge on any atom is 0.193 e. The molecule has 0 saturated heterocycles. The summed E-state index contributed by atoms with van der Waals surface area (Å²) in [5.41, 5.74) is 1.36. The average molecular weight is 254 g/mol. The summed E-state index contributed by atoms with van der Waals surface area (Å²) in [4.78, 5) is 15.8. The molecular weight excluding hydrogens is 246 g/mol. The van der Waals surface area contributed by atoms with Crippen LogP contribution in [0.3, 0.4) is 0 Å². The number of ketones is 1. The van der Waals surface area contributed by atoms with Crippen LogP contribution in [0, 0.1) is 0 Å². The SMILES string of the molecule is O=C(C1=COCC1)c1ccncc1Br. The number of hydrogen-bond acceptors (Lipinski definition) is 3. The second-order valence-electron chi connectivity index (χ2n) is 2.95. The highest BCUT2D eigenvalue weighted by atomic mass is 79.9.